The molecule has 2 aliphatic heterocycles. The molecule has 3 aromatic rings. The number of aromatic nitrogens is 2. The van der Waals surface area contributed by atoms with Crippen LogP contribution in [0.4, 0.5) is 15.9 Å². The highest BCUT2D eigenvalue weighted by atomic mass is 19.1. The van der Waals surface area contributed by atoms with Crippen LogP contribution in [0, 0.1) is 11.7 Å². The number of benzene rings is 2. The Labute approximate surface area is 215 Å². The van der Waals surface area contributed by atoms with Gasteiger partial charge in [-0.05, 0) is 66.8 Å². The smallest absolute Gasteiger partial charge is 0.231 e. The van der Waals surface area contributed by atoms with E-state index < -0.39 is 5.92 Å². The molecule has 9 heteroatoms. The fraction of sp³-hybridized carbons (Fsp3) is 0.357. The maximum Gasteiger partial charge on any atom is 0.231 e. The second-order valence-corrected chi connectivity index (χ2v) is 9.50. The summed E-state index contributed by atoms with van der Waals surface area (Å²) in [5.74, 6) is -0.691. The molecule has 0 saturated carbocycles. The number of ether oxygens (including phenoxy) is 1. The van der Waals surface area contributed by atoms with E-state index in [0.717, 1.165) is 48.6 Å². The summed E-state index contributed by atoms with van der Waals surface area (Å²) in [5, 5.41) is 14.4. The first kappa shape index (κ1) is 25.0. The van der Waals surface area contributed by atoms with Gasteiger partial charge in [0.2, 0.25) is 11.8 Å². The van der Waals surface area contributed by atoms with Crippen molar-refractivity contribution in [1.82, 2.24) is 15.5 Å². The molecule has 8 nitrogen and oxygen atoms in total. The number of morpholine rings is 1. The van der Waals surface area contributed by atoms with Gasteiger partial charge in [-0.3, -0.25) is 9.59 Å². The van der Waals surface area contributed by atoms with E-state index in [2.05, 4.69) is 20.8 Å². The zero-order valence-corrected chi connectivity index (χ0v) is 20.5. The Hall–Kier alpha value is -3.69. The lowest BCUT2D eigenvalue weighted by Gasteiger charge is -2.24. The highest BCUT2D eigenvalue weighted by Crippen LogP contribution is 2.26. The van der Waals surface area contributed by atoms with E-state index >= 15 is 0 Å². The molecule has 1 aromatic heterocycles. The van der Waals surface area contributed by atoms with Crippen LogP contribution >= 0.6 is 0 Å². The van der Waals surface area contributed by atoms with Crippen LogP contribution in [0.1, 0.15) is 23.2 Å². The number of carbonyl (C=O) groups is 2. The largest absolute Gasteiger partial charge is 0.375 e. The van der Waals surface area contributed by atoms with Gasteiger partial charge < -0.3 is 20.3 Å². The summed E-state index contributed by atoms with van der Waals surface area (Å²) in [6.45, 7) is 2.77. The molecule has 192 valence electrons. The summed E-state index contributed by atoms with van der Waals surface area (Å²) in [6.07, 6.45) is 2.50. The normalized spacial score (nSPS) is 19.7. The number of halogens is 1. The van der Waals surface area contributed by atoms with Gasteiger partial charge in [0.1, 0.15) is 5.82 Å². The Morgan fingerprint density at radius 3 is 2.51 bits per heavy atom. The number of nitrogens with zero attached hydrogens (tertiary/aromatic N) is 3. The SMILES string of the molecule is O=C(Nc1ccc(CCc2ccc(F)cc2)nn1)C1CC(=O)N(c2ccc(CC3CNCCO3)cc2)C1. The van der Waals surface area contributed by atoms with Crippen LogP contribution in [0.3, 0.4) is 0 Å². The van der Waals surface area contributed by atoms with Gasteiger partial charge in [-0.1, -0.05) is 24.3 Å². The Morgan fingerprint density at radius 2 is 1.81 bits per heavy atom. The number of amides is 2. The lowest BCUT2D eigenvalue weighted by atomic mass is 10.1. The second kappa shape index (κ2) is 11.6. The molecule has 2 unspecified atom stereocenters. The van der Waals surface area contributed by atoms with Gasteiger partial charge in [0.25, 0.3) is 0 Å². The number of carbonyl (C=O) groups excluding carboxylic acids is 2. The number of hydrogen-bond donors (Lipinski definition) is 2. The van der Waals surface area contributed by atoms with Gasteiger partial charge in [0.05, 0.1) is 24.3 Å². The van der Waals surface area contributed by atoms with E-state index in [1.54, 1.807) is 23.1 Å². The quantitative estimate of drug-likeness (QED) is 0.491. The second-order valence-electron chi connectivity index (χ2n) is 9.50. The summed E-state index contributed by atoms with van der Waals surface area (Å²) in [7, 11) is 0. The third-order valence-corrected chi connectivity index (χ3v) is 6.77. The lowest BCUT2D eigenvalue weighted by molar-refractivity contribution is -0.122. The first-order valence-corrected chi connectivity index (χ1v) is 12.6. The van der Waals surface area contributed by atoms with Gasteiger partial charge in [-0.25, -0.2) is 4.39 Å². The molecule has 2 aromatic carbocycles. The Balaban J connectivity index is 1.12. The van der Waals surface area contributed by atoms with Crippen LogP contribution in [0.25, 0.3) is 0 Å². The summed E-state index contributed by atoms with van der Waals surface area (Å²) in [5.41, 5.74) is 3.73. The fourth-order valence-electron chi connectivity index (χ4n) is 4.67. The first-order valence-electron chi connectivity index (χ1n) is 12.6. The van der Waals surface area contributed by atoms with E-state index in [1.165, 1.54) is 12.1 Å². The number of aryl methyl sites for hydroxylation is 2. The van der Waals surface area contributed by atoms with Gasteiger partial charge >= 0.3 is 0 Å². The Kier molecular flexibility index (Phi) is 7.82. The van der Waals surface area contributed by atoms with E-state index in [9.17, 15) is 14.0 Å². The minimum absolute atomic E-state index is 0.0741. The van der Waals surface area contributed by atoms with E-state index in [0.29, 0.717) is 25.2 Å². The Bertz CT molecular complexity index is 1210. The summed E-state index contributed by atoms with van der Waals surface area (Å²) >= 11 is 0. The van der Waals surface area contributed by atoms with Crippen molar-refractivity contribution in [2.75, 3.05) is 36.5 Å². The van der Waals surface area contributed by atoms with Gasteiger partial charge in [0.15, 0.2) is 5.82 Å². The maximum absolute atomic E-state index is 13.0. The molecule has 0 spiro atoms. The molecule has 2 amide bonds. The van der Waals surface area contributed by atoms with Gasteiger partial charge in [-0.15, -0.1) is 5.10 Å². The van der Waals surface area contributed by atoms with Crippen LogP contribution in [0.15, 0.2) is 60.7 Å². The minimum Gasteiger partial charge on any atom is -0.375 e. The van der Waals surface area contributed by atoms with Crippen LogP contribution in [0.5, 0.6) is 0 Å². The molecule has 37 heavy (non-hydrogen) atoms. The van der Waals surface area contributed by atoms with Crippen molar-refractivity contribution in [3.05, 3.63) is 83.3 Å². The minimum atomic E-state index is -0.464. The lowest BCUT2D eigenvalue weighted by Crippen LogP contribution is -2.39. The molecule has 0 radical (unpaired) electrons. The molecule has 2 saturated heterocycles. The molecule has 3 heterocycles. The Morgan fingerprint density at radius 1 is 1.03 bits per heavy atom. The maximum atomic E-state index is 13.0. The summed E-state index contributed by atoms with van der Waals surface area (Å²) < 4.78 is 18.8. The number of rotatable bonds is 8. The predicted octanol–water partition coefficient (Wildman–Crippen LogP) is 2.92. The van der Waals surface area contributed by atoms with Crippen molar-refractivity contribution in [3.63, 3.8) is 0 Å². The average molecular weight is 504 g/mol. The van der Waals surface area contributed by atoms with Gasteiger partial charge in [-0.2, -0.15) is 5.10 Å². The van der Waals surface area contributed by atoms with Crippen molar-refractivity contribution in [3.8, 4) is 0 Å². The van der Waals surface area contributed by atoms with Crippen molar-refractivity contribution in [2.24, 2.45) is 5.92 Å². The van der Waals surface area contributed by atoms with Crippen molar-refractivity contribution >= 4 is 23.3 Å². The van der Waals surface area contributed by atoms with E-state index in [-0.39, 0.29) is 30.2 Å². The standard InChI is InChI=1S/C28H30FN5O3/c29-22-6-1-19(2-7-22)3-8-23-9-12-26(33-32-23)31-28(36)21-16-27(35)34(18-21)24-10-4-20(5-11-24)15-25-17-30-13-14-37-25/h1-2,4-7,9-12,21,25,30H,3,8,13-18H2,(H,31,33,36). The van der Waals surface area contributed by atoms with Crippen molar-refractivity contribution < 1.29 is 18.7 Å². The monoisotopic (exact) mass is 503 g/mol. The van der Waals surface area contributed by atoms with Crippen molar-refractivity contribution in [2.45, 2.75) is 31.8 Å². The third kappa shape index (κ3) is 6.55. The average Bonchev–Trinajstić information content (AvgIpc) is 3.32. The molecule has 2 N–H and O–H groups in total. The van der Waals surface area contributed by atoms with Gasteiger partial charge in [0, 0.05) is 31.7 Å². The van der Waals surface area contributed by atoms with Crippen LogP contribution in [-0.2, 0) is 33.6 Å². The molecule has 2 atom stereocenters. The molecule has 2 fully saturated rings. The predicted molar refractivity (Wildman–Crippen MR) is 138 cm³/mol. The first-order chi connectivity index (χ1) is 18.0. The highest BCUT2D eigenvalue weighted by Gasteiger charge is 2.35. The summed E-state index contributed by atoms with van der Waals surface area (Å²) in [4.78, 5) is 27.2. The molecular formula is C28H30FN5O3. The van der Waals surface area contributed by atoms with Crippen molar-refractivity contribution in [1.29, 1.82) is 0 Å². The number of nitrogens with one attached hydrogen (secondary N) is 2. The highest BCUT2D eigenvalue weighted by molar-refractivity contribution is 6.03. The zero-order chi connectivity index (χ0) is 25.6. The van der Waals surface area contributed by atoms with Crippen LogP contribution < -0.4 is 15.5 Å². The zero-order valence-electron chi connectivity index (χ0n) is 20.5. The molecule has 0 bridgehead atoms. The molecule has 2 aliphatic rings. The summed E-state index contributed by atoms with van der Waals surface area (Å²) in [6, 6.07) is 17.8. The fourth-order valence-corrected chi connectivity index (χ4v) is 4.67. The van der Waals surface area contributed by atoms with Crippen LogP contribution in [-0.4, -0.2) is 54.4 Å². The van der Waals surface area contributed by atoms with Crippen LogP contribution in [0.2, 0.25) is 0 Å². The number of hydrogen-bond acceptors (Lipinski definition) is 6. The van der Waals surface area contributed by atoms with E-state index in [1.807, 2.05) is 30.3 Å². The molecular weight excluding hydrogens is 473 g/mol. The number of anilines is 2. The third-order valence-electron chi connectivity index (χ3n) is 6.77. The molecule has 5 rings (SSSR count). The topological polar surface area (TPSA) is 96.5 Å². The van der Waals surface area contributed by atoms with E-state index in [4.69, 9.17) is 4.74 Å². The molecule has 0 aliphatic carbocycles.